The van der Waals surface area contributed by atoms with Crippen molar-refractivity contribution in [2.24, 2.45) is 0 Å². The van der Waals surface area contributed by atoms with Gasteiger partial charge in [0.25, 0.3) is 5.22 Å². The SMILES string of the molecule is COc1cc(-c2nnc(SCc3c(F)cccc3Cl)o2)cc(OC)c1OC. The molecule has 1 heterocycles. The van der Waals surface area contributed by atoms with Crippen molar-refractivity contribution in [2.45, 2.75) is 11.0 Å². The van der Waals surface area contributed by atoms with Gasteiger partial charge in [-0.15, -0.1) is 10.2 Å². The van der Waals surface area contributed by atoms with E-state index in [0.29, 0.717) is 33.4 Å². The van der Waals surface area contributed by atoms with Crippen LogP contribution in [0.25, 0.3) is 11.5 Å². The quantitative estimate of drug-likeness (QED) is 0.516. The Labute approximate surface area is 164 Å². The molecule has 2 aromatic carbocycles. The molecule has 27 heavy (non-hydrogen) atoms. The smallest absolute Gasteiger partial charge is 0.277 e. The van der Waals surface area contributed by atoms with Crippen LogP contribution in [0.15, 0.2) is 40.0 Å². The molecule has 0 N–H and O–H groups in total. The van der Waals surface area contributed by atoms with Crippen LogP contribution in [0.1, 0.15) is 5.56 Å². The van der Waals surface area contributed by atoms with Gasteiger partial charge in [-0.3, -0.25) is 0 Å². The summed E-state index contributed by atoms with van der Waals surface area (Å²) >= 11 is 7.23. The maximum absolute atomic E-state index is 13.9. The van der Waals surface area contributed by atoms with E-state index in [9.17, 15) is 4.39 Å². The first-order valence-electron chi connectivity index (χ1n) is 7.77. The summed E-state index contributed by atoms with van der Waals surface area (Å²) in [4.78, 5) is 0. The molecule has 3 aromatic rings. The highest BCUT2D eigenvalue weighted by atomic mass is 35.5. The van der Waals surface area contributed by atoms with Gasteiger partial charge < -0.3 is 18.6 Å². The van der Waals surface area contributed by atoms with Gasteiger partial charge in [0.2, 0.25) is 11.6 Å². The monoisotopic (exact) mass is 410 g/mol. The second-order valence-electron chi connectivity index (χ2n) is 5.28. The van der Waals surface area contributed by atoms with Gasteiger partial charge in [0.05, 0.1) is 21.3 Å². The van der Waals surface area contributed by atoms with Crippen molar-refractivity contribution in [3.8, 4) is 28.7 Å². The van der Waals surface area contributed by atoms with E-state index in [1.807, 2.05) is 0 Å². The Morgan fingerprint density at radius 2 is 1.78 bits per heavy atom. The van der Waals surface area contributed by atoms with Gasteiger partial charge in [-0.05, 0) is 24.3 Å². The molecule has 0 fully saturated rings. The Hall–Kier alpha value is -2.45. The van der Waals surface area contributed by atoms with E-state index in [4.69, 9.17) is 30.2 Å². The van der Waals surface area contributed by atoms with Crippen molar-refractivity contribution >= 4 is 23.4 Å². The number of thioether (sulfide) groups is 1. The van der Waals surface area contributed by atoms with Crippen molar-refractivity contribution in [1.29, 1.82) is 0 Å². The molecule has 0 aliphatic rings. The van der Waals surface area contributed by atoms with Gasteiger partial charge in [0, 0.05) is 21.9 Å². The predicted octanol–water partition coefficient (Wildman–Crippen LogP) is 4.85. The van der Waals surface area contributed by atoms with Gasteiger partial charge in [-0.25, -0.2) is 4.39 Å². The van der Waals surface area contributed by atoms with E-state index < -0.39 is 0 Å². The number of hydrogen-bond acceptors (Lipinski definition) is 7. The molecule has 0 saturated carbocycles. The van der Waals surface area contributed by atoms with Crippen molar-refractivity contribution in [3.05, 3.63) is 46.7 Å². The molecule has 0 aliphatic carbocycles. The number of methoxy groups -OCH3 is 3. The Morgan fingerprint density at radius 3 is 2.37 bits per heavy atom. The summed E-state index contributed by atoms with van der Waals surface area (Å²) in [6, 6.07) is 7.96. The summed E-state index contributed by atoms with van der Waals surface area (Å²) in [6.45, 7) is 0. The normalized spacial score (nSPS) is 10.7. The van der Waals surface area contributed by atoms with Crippen LogP contribution in [0.2, 0.25) is 5.02 Å². The van der Waals surface area contributed by atoms with E-state index in [1.54, 1.807) is 24.3 Å². The Kier molecular flexibility index (Phi) is 6.08. The molecule has 0 aliphatic heterocycles. The second kappa shape index (κ2) is 8.49. The molecule has 0 amide bonds. The molecule has 142 valence electrons. The minimum Gasteiger partial charge on any atom is -0.493 e. The van der Waals surface area contributed by atoms with Crippen molar-refractivity contribution in [3.63, 3.8) is 0 Å². The minimum absolute atomic E-state index is 0.266. The number of benzene rings is 2. The first-order valence-corrected chi connectivity index (χ1v) is 9.13. The molecular weight excluding hydrogens is 395 g/mol. The summed E-state index contributed by atoms with van der Waals surface area (Å²) in [6.07, 6.45) is 0. The van der Waals surface area contributed by atoms with Crippen LogP contribution in [0.4, 0.5) is 4.39 Å². The molecular formula is C18H16ClFN2O4S. The predicted molar refractivity (Wildman–Crippen MR) is 100 cm³/mol. The Morgan fingerprint density at radius 1 is 1.07 bits per heavy atom. The maximum Gasteiger partial charge on any atom is 0.277 e. The molecule has 1 aromatic heterocycles. The zero-order valence-corrected chi connectivity index (χ0v) is 16.4. The fourth-order valence-electron chi connectivity index (χ4n) is 2.39. The molecule has 6 nitrogen and oxygen atoms in total. The maximum atomic E-state index is 13.9. The lowest BCUT2D eigenvalue weighted by atomic mass is 10.2. The van der Waals surface area contributed by atoms with E-state index in [2.05, 4.69) is 10.2 Å². The largest absolute Gasteiger partial charge is 0.493 e. The van der Waals surface area contributed by atoms with Crippen molar-refractivity contribution in [1.82, 2.24) is 10.2 Å². The zero-order valence-electron chi connectivity index (χ0n) is 14.8. The van der Waals surface area contributed by atoms with Gasteiger partial charge in [0.15, 0.2) is 11.5 Å². The number of ether oxygens (including phenoxy) is 3. The van der Waals surface area contributed by atoms with Gasteiger partial charge in [-0.2, -0.15) is 0 Å². The number of nitrogens with zero attached hydrogens (tertiary/aromatic N) is 2. The number of hydrogen-bond donors (Lipinski definition) is 0. The van der Waals surface area contributed by atoms with E-state index in [0.717, 1.165) is 0 Å². The molecule has 9 heteroatoms. The average Bonchev–Trinajstić information content (AvgIpc) is 3.15. The van der Waals surface area contributed by atoms with Crippen molar-refractivity contribution in [2.75, 3.05) is 21.3 Å². The highest BCUT2D eigenvalue weighted by molar-refractivity contribution is 7.98. The summed E-state index contributed by atoms with van der Waals surface area (Å²) in [7, 11) is 4.57. The molecule has 0 bridgehead atoms. The van der Waals surface area contributed by atoms with Gasteiger partial charge in [-0.1, -0.05) is 29.4 Å². The number of aromatic nitrogens is 2. The van der Waals surface area contributed by atoms with Crippen LogP contribution < -0.4 is 14.2 Å². The third-order valence-electron chi connectivity index (χ3n) is 3.72. The molecule has 3 rings (SSSR count). The second-order valence-corrected chi connectivity index (χ2v) is 6.61. The molecule has 0 spiro atoms. The van der Waals surface area contributed by atoms with Crippen molar-refractivity contribution < 1.29 is 23.0 Å². The fourth-order valence-corrected chi connectivity index (χ4v) is 3.50. The third-order valence-corrected chi connectivity index (χ3v) is 4.92. The van der Waals surface area contributed by atoms with Crippen LogP contribution >= 0.6 is 23.4 Å². The highest BCUT2D eigenvalue weighted by Gasteiger charge is 2.18. The lowest BCUT2D eigenvalue weighted by Crippen LogP contribution is -1.95. The van der Waals surface area contributed by atoms with Crippen LogP contribution in [-0.2, 0) is 5.75 Å². The molecule has 0 radical (unpaired) electrons. The summed E-state index contributed by atoms with van der Waals surface area (Å²) in [5.41, 5.74) is 0.990. The Balaban J connectivity index is 1.83. The minimum atomic E-state index is -0.376. The lowest BCUT2D eigenvalue weighted by Gasteiger charge is -2.12. The van der Waals surface area contributed by atoms with E-state index >= 15 is 0 Å². The zero-order chi connectivity index (χ0) is 19.4. The Bertz CT molecular complexity index is 906. The standard InChI is InChI=1S/C18H16ClFN2O4S/c1-23-14-7-10(8-15(24-2)16(14)25-3)17-21-22-18(26-17)27-9-11-12(19)5-4-6-13(11)20/h4-8H,9H2,1-3H3. The first kappa shape index (κ1) is 19.3. The summed E-state index contributed by atoms with van der Waals surface area (Å²) in [5.74, 6) is 1.57. The van der Waals surface area contributed by atoms with Crippen LogP contribution in [0.5, 0.6) is 17.2 Å². The molecule has 0 saturated heterocycles. The molecule has 0 atom stereocenters. The summed E-state index contributed by atoms with van der Waals surface area (Å²) < 4.78 is 35.5. The summed E-state index contributed by atoms with van der Waals surface area (Å²) in [5, 5.41) is 8.67. The van der Waals surface area contributed by atoms with Gasteiger partial charge in [0.1, 0.15) is 5.82 Å². The first-order chi connectivity index (χ1) is 13.1. The lowest BCUT2D eigenvalue weighted by molar-refractivity contribution is 0.324. The average molecular weight is 411 g/mol. The van der Waals surface area contributed by atoms with E-state index in [1.165, 1.54) is 39.2 Å². The van der Waals surface area contributed by atoms with Crippen LogP contribution in [-0.4, -0.2) is 31.5 Å². The van der Waals surface area contributed by atoms with Gasteiger partial charge >= 0.3 is 0 Å². The number of rotatable bonds is 7. The topological polar surface area (TPSA) is 66.6 Å². The number of halogens is 2. The van der Waals surface area contributed by atoms with Crippen LogP contribution in [0.3, 0.4) is 0 Å². The fraction of sp³-hybridized carbons (Fsp3) is 0.222. The van der Waals surface area contributed by atoms with E-state index in [-0.39, 0.29) is 22.7 Å². The molecule has 0 unspecified atom stereocenters. The third kappa shape index (κ3) is 4.12. The van der Waals surface area contributed by atoms with Crippen LogP contribution in [0, 0.1) is 5.82 Å². The highest BCUT2D eigenvalue weighted by Crippen LogP contribution is 2.41.